The first-order chi connectivity index (χ1) is 13.3. The topological polar surface area (TPSA) is 69.7 Å². The molecule has 2 N–H and O–H groups in total. The molecule has 1 aromatic heterocycles. The van der Waals surface area contributed by atoms with E-state index in [1.807, 2.05) is 29.3 Å². The molecule has 27 heavy (non-hydrogen) atoms. The van der Waals surface area contributed by atoms with Gasteiger partial charge in [-0.2, -0.15) is 5.21 Å². The standard InChI is InChI=1S/C20H15FN6/c21-17-8-7-14(12-16(17)20-23-25-26-24-20)27-11-3-10-22-19-15-5-2-1-4-13(15)6-9-18(19)27/h1-9,11-12,22H,10H2,(H,23,24,25,26). The largest absolute Gasteiger partial charge is 0.379 e. The quantitative estimate of drug-likeness (QED) is 0.561. The smallest absolute Gasteiger partial charge is 0.207 e. The normalized spacial score (nSPS) is 13.3. The predicted molar refractivity (Wildman–Crippen MR) is 103 cm³/mol. The molecule has 0 saturated heterocycles. The number of aromatic amines is 1. The Morgan fingerprint density at radius 3 is 2.85 bits per heavy atom. The second-order valence-electron chi connectivity index (χ2n) is 6.22. The predicted octanol–water partition coefficient (Wildman–Crippen LogP) is 4.24. The van der Waals surface area contributed by atoms with Crippen molar-refractivity contribution in [3.63, 3.8) is 0 Å². The van der Waals surface area contributed by atoms with E-state index in [0.717, 1.165) is 27.8 Å². The van der Waals surface area contributed by atoms with E-state index in [9.17, 15) is 4.39 Å². The summed E-state index contributed by atoms with van der Waals surface area (Å²) < 4.78 is 14.3. The fourth-order valence-electron chi connectivity index (χ4n) is 3.38. The molecule has 0 saturated carbocycles. The zero-order valence-electron chi connectivity index (χ0n) is 14.2. The van der Waals surface area contributed by atoms with Gasteiger partial charge in [-0.05, 0) is 40.9 Å². The number of halogens is 1. The number of hydrogen-bond acceptors (Lipinski definition) is 5. The molecule has 132 valence electrons. The number of nitrogens with one attached hydrogen (secondary N) is 2. The molecule has 0 spiro atoms. The van der Waals surface area contributed by atoms with Crippen LogP contribution in [0.1, 0.15) is 0 Å². The number of benzene rings is 3. The Labute approximate surface area is 154 Å². The second-order valence-corrected chi connectivity index (χ2v) is 6.22. The molecule has 0 fully saturated rings. The maximum Gasteiger partial charge on any atom is 0.207 e. The first-order valence-corrected chi connectivity index (χ1v) is 8.56. The number of nitrogens with zero attached hydrogens (tertiary/aromatic N) is 4. The van der Waals surface area contributed by atoms with Crippen LogP contribution in [-0.2, 0) is 0 Å². The molecule has 1 aliphatic heterocycles. The van der Waals surface area contributed by atoms with Crippen LogP contribution < -0.4 is 10.2 Å². The van der Waals surface area contributed by atoms with E-state index in [4.69, 9.17) is 0 Å². The summed E-state index contributed by atoms with van der Waals surface area (Å²) >= 11 is 0. The summed E-state index contributed by atoms with van der Waals surface area (Å²) in [6, 6.07) is 17.3. The average molecular weight is 358 g/mol. The fourth-order valence-corrected chi connectivity index (χ4v) is 3.38. The molecule has 7 heteroatoms. The van der Waals surface area contributed by atoms with Gasteiger partial charge in [-0.3, -0.25) is 0 Å². The van der Waals surface area contributed by atoms with Crippen LogP contribution in [0.2, 0.25) is 0 Å². The van der Waals surface area contributed by atoms with Crippen LogP contribution >= 0.6 is 0 Å². The molecule has 1 aliphatic rings. The van der Waals surface area contributed by atoms with E-state index in [1.54, 1.807) is 12.1 Å². The molecular formula is C20H15FN6. The van der Waals surface area contributed by atoms with Crippen LogP contribution in [0.5, 0.6) is 0 Å². The third-order valence-corrected chi connectivity index (χ3v) is 4.63. The number of H-pyrrole nitrogens is 1. The van der Waals surface area contributed by atoms with Gasteiger partial charge in [0.2, 0.25) is 5.82 Å². The lowest BCUT2D eigenvalue weighted by Crippen LogP contribution is -2.09. The Kier molecular flexibility index (Phi) is 3.57. The first kappa shape index (κ1) is 15.5. The molecule has 4 aromatic rings. The molecule has 0 atom stereocenters. The van der Waals surface area contributed by atoms with Crippen molar-refractivity contribution in [1.29, 1.82) is 0 Å². The van der Waals surface area contributed by atoms with Crippen LogP contribution in [0, 0.1) is 5.82 Å². The van der Waals surface area contributed by atoms with Crippen LogP contribution in [0.3, 0.4) is 0 Å². The monoisotopic (exact) mass is 358 g/mol. The Morgan fingerprint density at radius 1 is 1.04 bits per heavy atom. The van der Waals surface area contributed by atoms with Crippen molar-refractivity contribution in [2.45, 2.75) is 0 Å². The van der Waals surface area contributed by atoms with E-state index in [2.05, 4.69) is 50.2 Å². The van der Waals surface area contributed by atoms with Crippen molar-refractivity contribution in [3.8, 4) is 11.4 Å². The lowest BCUT2D eigenvalue weighted by Gasteiger charge is -2.23. The Bertz CT molecular complexity index is 1150. The van der Waals surface area contributed by atoms with Gasteiger partial charge >= 0.3 is 0 Å². The van der Waals surface area contributed by atoms with Crippen molar-refractivity contribution in [3.05, 3.63) is 72.7 Å². The maximum absolute atomic E-state index is 14.3. The third kappa shape index (κ3) is 2.60. The summed E-state index contributed by atoms with van der Waals surface area (Å²) in [7, 11) is 0. The van der Waals surface area contributed by atoms with E-state index in [-0.39, 0.29) is 5.82 Å². The fraction of sp³-hybridized carbons (Fsp3) is 0.0500. The molecule has 0 radical (unpaired) electrons. The van der Waals surface area contributed by atoms with Crippen molar-refractivity contribution in [1.82, 2.24) is 20.6 Å². The number of tetrazole rings is 1. The van der Waals surface area contributed by atoms with E-state index < -0.39 is 5.82 Å². The van der Waals surface area contributed by atoms with E-state index in [0.29, 0.717) is 12.1 Å². The summed E-state index contributed by atoms with van der Waals surface area (Å²) in [5.74, 6) is -0.166. The second kappa shape index (κ2) is 6.21. The maximum atomic E-state index is 14.3. The van der Waals surface area contributed by atoms with Gasteiger partial charge in [0.05, 0.1) is 16.9 Å². The van der Waals surface area contributed by atoms with Gasteiger partial charge in [0.15, 0.2) is 0 Å². The van der Waals surface area contributed by atoms with Crippen molar-refractivity contribution in [2.24, 2.45) is 0 Å². The summed E-state index contributed by atoms with van der Waals surface area (Å²) in [6.45, 7) is 0.705. The molecule has 0 aliphatic carbocycles. The molecule has 0 unspecified atom stereocenters. The highest BCUT2D eigenvalue weighted by Crippen LogP contribution is 2.40. The van der Waals surface area contributed by atoms with Gasteiger partial charge in [-0.25, -0.2) is 4.39 Å². The SMILES string of the molecule is Fc1ccc(N2C=CCNc3c2ccc2ccccc32)cc1-c1nn[nH]n1. The van der Waals surface area contributed by atoms with Crippen molar-refractivity contribution < 1.29 is 4.39 Å². The minimum absolute atomic E-state index is 0.227. The van der Waals surface area contributed by atoms with Crippen LogP contribution in [0.4, 0.5) is 21.5 Å². The Hall–Kier alpha value is -3.74. The minimum Gasteiger partial charge on any atom is -0.379 e. The van der Waals surface area contributed by atoms with Crippen LogP contribution in [0.15, 0.2) is 66.9 Å². The van der Waals surface area contributed by atoms with Crippen LogP contribution in [0.25, 0.3) is 22.2 Å². The lowest BCUT2D eigenvalue weighted by molar-refractivity contribution is 0.630. The Balaban J connectivity index is 1.68. The highest BCUT2D eigenvalue weighted by Gasteiger charge is 2.18. The summed E-state index contributed by atoms with van der Waals surface area (Å²) in [5.41, 5.74) is 3.15. The van der Waals surface area contributed by atoms with Gasteiger partial charge in [-0.1, -0.05) is 30.3 Å². The highest BCUT2D eigenvalue weighted by atomic mass is 19.1. The summed E-state index contributed by atoms with van der Waals surface area (Å²) in [4.78, 5) is 2.03. The molecule has 0 amide bonds. The van der Waals surface area contributed by atoms with E-state index >= 15 is 0 Å². The highest BCUT2D eigenvalue weighted by molar-refractivity contribution is 6.02. The summed E-state index contributed by atoms with van der Waals surface area (Å²) in [5, 5.41) is 19.5. The third-order valence-electron chi connectivity index (χ3n) is 4.63. The number of anilines is 3. The summed E-state index contributed by atoms with van der Waals surface area (Å²) in [6.07, 6.45) is 4.02. The molecule has 2 heterocycles. The molecule has 3 aromatic carbocycles. The van der Waals surface area contributed by atoms with Gasteiger partial charge in [0.25, 0.3) is 0 Å². The van der Waals surface area contributed by atoms with Crippen molar-refractivity contribution >= 4 is 27.8 Å². The number of aromatic nitrogens is 4. The van der Waals surface area contributed by atoms with Crippen molar-refractivity contribution in [2.75, 3.05) is 16.8 Å². The minimum atomic E-state index is -0.393. The first-order valence-electron chi connectivity index (χ1n) is 8.56. The molecular weight excluding hydrogens is 343 g/mol. The van der Waals surface area contributed by atoms with Gasteiger partial charge in [0, 0.05) is 23.8 Å². The number of fused-ring (bicyclic) bond motifs is 3. The lowest BCUT2D eigenvalue weighted by atomic mass is 10.1. The van der Waals surface area contributed by atoms with Crippen LogP contribution in [-0.4, -0.2) is 27.2 Å². The zero-order chi connectivity index (χ0) is 18.2. The average Bonchev–Trinajstić information content (AvgIpc) is 3.15. The zero-order valence-corrected chi connectivity index (χ0v) is 14.2. The van der Waals surface area contributed by atoms with Gasteiger partial charge in [0.1, 0.15) is 5.82 Å². The van der Waals surface area contributed by atoms with Gasteiger partial charge < -0.3 is 10.2 Å². The molecule has 5 rings (SSSR count). The van der Waals surface area contributed by atoms with Gasteiger partial charge in [-0.15, -0.1) is 10.2 Å². The molecule has 0 bridgehead atoms. The van der Waals surface area contributed by atoms with E-state index in [1.165, 1.54) is 6.07 Å². The number of rotatable bonds is 2. The Morgan fingerprint density at radius 2 is 1.96 bits per heavy atom. The molecule has 6 nitrogen and oxygen atoms in total. The number of hydrogen-bond donors (Lipinski definition) is 2.